The molecule has 0 aliphatic heterocycles. The Labute approximate surface area is 246 Å². The molecule has 0 spiro atoms. The van der Waals surface area contributed by atoms with E-state index in [1.54, 1.807) is 0 Å². The number of nitrogens with zero attached hydrogens (tertiary/aromatic N) is 2. The summed E-state index contributed by atoms with van der Waals surface area (Å²) in [6.07, 6.45) is 4.25. The number of aryl methyl sites for hydroxylation is 4. The van der Waals surface area contributed by atoms with Gasteiger partial charge in [0.05, 0.1) is 0 Å². The van der Waals surface area contributed by atoms with E-state index in [2.05, 4.69) is 157 Å². The molecule has 0 aromatic heterocycles. The highest BCUT2D eigenvalue weighted by Gasteiger charge is 2.07. The lowest BCUT2D eigenvalue weighted by molar-refractivity contribution is 0.831. The van der Waals surface area contributed by atoms with Gasteiger partial charge in [-0.1, -0.05) is 109 Å². The first-order chi connectivity index (χ1) is 20.2. The third-order valence-electron chi connectivity index (χ3n) is 7.94. The van der Waals surface area contributed by atoms with Crippen LogP contribution in [0.15, 0.2) is 133 Å². The average Bonchev–Trinajstić information content (AvgIpc) is 3.03. The summed E-state index contributed by atoms with van der Waals surface area (Å²) in [5.74, 6) is 0. The molecule has 0 bridgehead atoms. The first kappa shape index (κ1) is 28.2. The highest BCUT2D eigenvalue weighted by atomic mass is 15.1. The van der Waals surface area contributed by atoms with Crippen LogP contribution in [0, 0.1) is 0 Å². The predicted molar refractivity (Wildman–Crippen MR) is 176 cm³/mol. The molecule has 0 aliphatic carbocycles. The van der Waals surface area contributed by atoms with Gasteiger partial charge in [-0.05, 0) is 90.3 Å². The number of benzene rings is 5. The monoisotopic (exact) mass is 538 g/mol. The minimum atomic E-state index is 0.919. The molecule has 5 rings (SSSR count). The van der Waals surface area contributed by atoms with E-state index in [4.69, 9.17) is 0 Å². The summed E-state index contributed by atoms with van der Waals surface area (Å²) in [7, 11) is 2.16. The van der Waals surface area contributed by atoms with Crippen molar-refractivity contribution in [3.05, 3.63) is 167 Å². The van der Waals surface area contributed by atoms with Gasteiger partial charge in [-0.2, -0.15) is 0 Å². The van der Waals surface area contributed by atoms with E-state index in [0.717, 1.165) is 45.3 Å². The summed E-state index contributed by atoms with van der Waals surface area (Å²) in [6, 6.07) is 48.7. The molecular weight excluding hydrogens is 496 g/mol. The standard InChI is InChI=1S/C39H42N2/c1-3-41(31-37-13-8-5-9-14-37)39-27-23-33(24-28-39)18-20-35-16-10-15-34(29-35)19-17-32-21-25-38(26-22-32)40(2)30-36-11-6-4-7-12-36/h4-16,21-29H,3,17-20,30-31H2,1-2H3. The Morgan fingerprint density at radius 3 is 1.37 bits per heavy atom. The molecule has 2 heteroatoms. The molecule has 0 saturated heterocycles. The Bertz CT molecular complexity index is 1460. The molecule has 0 aliphatic rings. The molecular formula is C39H42N2. The quantitative estimate of drug-likeness (QED) is 0.148. The molecule has 0 radical (unpaired) electrons. The Balaban J connectivity index is 1.10. The lowest BCUT2D eigenvalue weighted by Gasteiger charge is -2.23. The minimum absolute atomic E-state index is 0.919. The molecule has 0 amide bonds. The van der Waals surface area contributed by atoms with Crippen molar-refractivity contribution in [3.63, 3.8) is 0 Å². The molecule has 0 saturated carbocycles. The van der Waals surface area contributed by atoms with Crippen LogP contribution < -0.4 is 9.80 Å². The lowest BCUT2D eigenvalue weighted by atomic mass is 9.99. The van der Waals surface area contributed by atoms with Crippen molar-refractivity contribution in [2.24, 2.45) is 0 Å². The van der Waals surface area contributed by atoms with Crippen LogP contribution >= 0.6 is 0 Å². The third-order valence-corrected chi connectivity index (χ3v) is 7.94. The van der Waals surface area contributed by atoms with Crippen LogP contribution in [0.25, 0.3) is 0 Å². The fourth-order valence-corrected chi connectivity index (χ4v) is 5.45. The first-order valence-electron chi connectivity index (χ1n) is 15.0. The van der Waals surface area contributed by atoms with Crippen molar-refractivity contribution in [2.75, 3.05) is 23.4 Å². The normalized spacial score (nSPS) is 10.9. The number of rotatable bonds is 13. The second kappa shape index (κ2) is 14.4. The summed E-state index contributed by atoms with van der Waals surface area (Å²) in [5, 5.41) is 0. The Kier molecular flexibility index (Phi) is 9.89. The van der Waals surface area contributed by atoms with Crippen molar-refractivity contribution in [1.29, 1.82) is 0 Å². The fraction of sp³-hybridized carbons (Fsp3) is 0.231. The summed E-state index contributed by atoms with van der Waals surface area (Å²) in [5.41, 5.74) is 10.9. The van der Waals surface area contributed by atoms with E-state index < -0.39 is 0 Å². The van der Waals surface area contributed by atoms with Crippen LogP contribution in [-0.4, -0.2) is 13.6 Å². The van der Waals surface area contributed by atoms with E-state index in [-0.39, 0.29) is 0 Å². The molecule has 0 heterocycles. The van der Waals surface area contributed by atoms with E-state index in [1.807, 2.05) is 0 Å². The minimum Gasteiger partial charge on any atom is -0.370 e. The predicted octanol–water partition coefficient (Wildman–Crippen LogP) is 8.92. The van der Waals surface area contributed by atoms with Gasteiger partial charge in [0.1, 0.15) is 0 Å². The maximum atomic E-state index is 2.43. The summed E-state index contributed by atoms with van der Waals surface area (Å²) in [4.78, 5) is 4.74. The second-order valence-corrected chi connectivity index (χ2v) is 11.0. The van der Waals surface area contributed by atoms with Crippen molar-refractivity contribution >= 4 is 11.4 Å². The molecule has 0 atom stereocenters. The Morgan fingerprint density at radius 1 is 0.415 bits per heavy atom. The van der Waals surface area contributed by atoms with Crippen molar-refractivity contribution in [1.82, 2.24) is 0 Å². The van der Waals surface area contributed by atoms with Crippen molar-refractivity contribution in [3.8, 4) is 0 Å². The van der Waals surface area contributed by atoms with Crippen LogP contribution in [0.3, 0.4) is 0 Å². The summed E-state index contributed by atoms with van der Waals surface area (Å²) in [6.45, 7) is 5.09. The van der Waals surface area contributed by atoms with Crippen LogP contribution in [-0.2, 0) is 38.8 Å². The van der Waals surface area contributed by atoms with Gasteiger partial charge in [0, 0.05) is 38.1 Å². The zero-order valence-corrected chi connectivity index (χ0v) is 24.5. The maximum Gasteiger partial charge on any atom is 0.0429 e. The zero-order chi connectivity index (χ0) is 28.3. The van der Waals surface area contributed by atoms with Gasteiger partial charge in [-0.25, -0.2) is 0 Å². The molecule has 41 heavy (non-hydrogen) atoms. The average molecular weight is 539 g/mol. The van der Waals surface area contributed by atoms with Crippen LogP contribution in [0.1, 0.15) is 40.3 Å². The molecule has 0 N–H and O–H groups in total. The number of anilines is 2. The Hall–Kier alpha value is -4.30. The largest absolute Gasteiger partial charge is 0.370 e. The number of hydrogen-bond acceptors (Lipinski definition) is 2. The number of hydrogen-bond donors (Lipinski definition) is 0. The second-order valence-electron chi connectivity index (χ2n) is 11.0. The van der Waals surface area contributed by atoms with Crippen molar-refractivity contribution < 1.29 is 0 Å². The van der Waals surface area contributed by atoms with Gasteiger partial charge in [0.15, 0.2) is 0 Å². The third kappa shape index (κ3) is 8.35. The van der Waals surface area contributed by atoms with Crippen molar-refractivity contribution in [2.45, 2.75) is 45.7 Å². The molecule has 0 fully saturated rings. The van der Waals surface area contributed by atoms with E-state index >= 15 is 0 Å². The summed E-state index contributed by atoms with van der Waals surface area (Å²) >= 11 is 0. The van der Waals surface area contributed by atoms with E-state index in [1.165, 1.54) is 44.8 Å². The fourth-order valence-electron chi connectivity index (χ4n) is 5.45. The Morgan fingerprint density at radius 2 is 0.854 bits per heavy atom. The van der Waals surface area contributed by atoms with Gasteiger partial charge < -0.3 is 9.80 Å². The van der Waals surface area contributed by atoms with Gasteiger partial charge in [-0.3, -0.25) is 0 Å². The van der Waals surface area contributed by atoms with Crippen LogP contribution in [0.2, 0.25) is 0 Å². The zero-order valence-electron chi connectivity index (χ0n) is 24.5. The molecule has 5 aromatic rings. The smallest absolute Gasteiger partial charge is 0.0429 e. The van der Waals surface area contributed by atoms with Crippen LogP contribution in [0.5, 0.6) is 0 Å². The highest BCUT2D eigenvalue weighted by Crippen LogP contribution is 2.21. The molecule has 2 nitrogen and oxygen atoms in total. The van der Waals surface area contributed by atoms with Gasteiger partial charge in [0.25, 0.3) is 0 Å². The van der Waals surface area contributed by atoms with E-state index in [0.29, 0.717) is 0 Å². The van der Waals surface area contributed by atoms with Gasteiger partial charge >= 0.3 is 0 Å². The summed E-state index contributed by atoms with van der Waals surface area (Å²) < 4.78 is 0. The SMILES string of the molecule is CCN(Cc1ccccc1)c1ccc(CCc2cccc(CCc3ccc(N(C)Cc4ccccc4)cc3)c2)cc1. The topological polar surface area (TPSA) is 6.48 Å². The van der Waals surface area contributed by atoms with Gasteiger partial charge in [0.2, 0.25) is 0 Å². The van der Waals surface area contributed by atoms with Crippen LogP contribution in [0.4, 0.5) is 11.4 Å². The van der Waals surface area contributed by atoms with E-state index in [9.17, 15) is 0 Å². The highest BCUT2D eigenvalue weighted by molar-refractivity contribution is 5.49. The lowest BCUT2D eigenvalue weighted by Crippen LogP contribution is -2.21. The molecule has 5 aromatic carbocycles. The maximum absolute atomic E-state index is 2.43. The van der Waals surface area contributed by atoms with Gasteiger partial charge in [-0.15, -0.1) is 0 Å². The first-order valence-corrected chi connectivity index (χ1v) is 15.0. The molecule has 0 unspecified atom stereocenters. The molecule has 208 valence electrons.